The number of aryl methyl sites for hydroxylation is 1. The van der Waals surface area contributed by atoms with Crippen LogP contribution in [0, 0.1) is 24.4 Å². The van der Waals surface area contributed by atoms with E-state index in [2.05, 4.69) is 4.98 Å². The molecule has 30 heavy (non-hydrogen) atoms. The molecule has 1 amide bonds. The Labute approximate surface area is 175 Å². The zero-order valence-electron chi connectivity index (χ0n) is 16.4. The fourth-order valence-corrected chi connectivity index (χ4v) is 3.88. The lowest BCUT2D eigenvalue weighted by atomic mass is 10.2. The van der Waals surface area contributed by atoms with Gasteiger partial charge in [0.2, 0.25) is 5.91 Å². The maximum Gasteiger partial charge on any atom is 0.306 e. The van der Waals surface area contributed by atoms with E-state index in [1.54, 1.807) is 25.1 Å². The molecule has 1 heterocycles. The number of benzene rings is 2. The number of hydrogen-bond donors (Lipinski definition) is 0. The van der Waals surface area contributed by atoms with Crippen molar-refractivity contribution in [2.24, 2.45) is 0 Å². The Bertz CT molecular complexity index is 1100. The molecule has 5 nitrogen and oxygen atoms in total. The molecule has 0 radical (unpaired) electrons. The van der Waals surface area contributed by atoms with E-state index in [0.29, 0.717) is 11.8 Å². The third-order valence-corrected chi connectivity index (χ3v) is 5.36. The first-order valence-electron chi connectivity index (χ1n) is 9.25. The van der Waals surface area contributed by atoms with E-state index in [1.807, 2.05) is 13.0 Å². The lowest BCUT2D eigenvalue weighted by molar-refractivity contribution is -0.144. The van der Waals surface area contributed by atoms with Crippen molar-refractivity contribution in [1.29, 1.82) is 0 Å². The molecule has 0 atom stereocenters. The fourth-order valence-electron chi connectivity index (χ4n) is 2.93. The second-order valence-corrected chi connectivity index (χ2v) is 7.65. The van der Waals surface area contributed by atoms with Crippen LogP contribution >= 0.6 is 11.3 Å². The number of carbonyl (C=O) groups excluding carboxylic acids is 2. The van der Waals surface area contributed by atoms with Crippen LogP contribution in [0.25, 0.3) is 10.2 Å². The highest BCUT2D eigenvalue weighted by molar-refractivity contribution is 7.18. The van der Waals surface area contributed by atoms with Crippen LogP contribution in [-0.4, -0.2) is 23.5 Å². The molecule has 0 N–H and O–H groups in total. The molecular weight excluding hydrogens is 417 g/mol. The number of amides is 1. The molecule has 0 spiro atoms. The zero-order valence-corrected chi connectivity index (χ0v) is 17.2. The Kier molecular flexibility index (Phi) is 6.71. The average molecular weight is 436 g/mol. The third kappa shape index (κ3) is 4.79. The summed E-state index contributed by atoms with van der Waals surface area (Å²) in [4.78, 5) is 29.9. The number of thiazole rings is 1. The van der Waals surface area contributed by atoms with Gasteiger partial charge in [0.05, 0.1) is 24.3 Å². The van der Waals surface area contributed by atoms with Crippen molar-refractivity contribution in [3.63, 3.8) is 0 Å². The van der Waals surface area contributed by atoms with Crippen LogP contribution in [-0.2, 0) is 20.9 Å². The summed E-state index contributed by atoms with van der Waals surface area (Å²) in [5.74, 6) is -4.33. The fraction of sp³-hybridized carbons (Fsp3) is 0.286. The second kappa shape index (κ2) is 9.25. The van der Waals surface area contributed by atoms with Gasteiger partial charge in [0.1, 0.15) is 16.3 Å². The second-order valence-electron chi connectivity index (χ2n) is 6.56. The maximum absolute atomic E-state index is 14.0. The minimum absolute atomic E-state index is 0.0784. The van der Waals surface area contributed by atoms with Crippen LogP contribution in [0.5, 0.6) is 0 Å². The predicted molar refractivity (Wildman–Crippen MR) is 108 cm³/mol. The smallest absolute Gasteiger partial charge is 0.306 e. The average Bonchev–Trinajstić information content (AvgIpc) is 3.13. The Morgan fingerprint density at radius 2 is 1.90 bits per heavy atom. The van der Waals surface area contributed by atoms with Crippen LogP contribution < -0.4 is 4.90 Å². The number of aromatic nitrogens is 1. The first kappa shape index (κ1) is 21.8. The molecule has 0 saturated carbocycles. The number of ether oxygens (including phenoxy) is 1. The van der Waals surface area contributed by atoms with E-state index in [9.17, 15) is 22.8 Å². The molecule has 2 aromatic carbocycles. The van der Waals surface area contributed by atoms with E-state index in [-0.39, 0.29) is 41.6 Å². The molecule has 0 saturated heterocycles. The molecule has 3 rings (SSSR count). The summed E-state index contributed by atoms with van der Waals surface area (Å²) in [5, 5.41) is 0.236. The van der Waals surface area contributed by atoms with Crippen LogP contribution in [0.1, 0.15) is 30.3 Å². The molecule has 0 fully saturated rings. The van der Waals surface area contributed by atoms with Crippen LogP contribution in [0.2, 0.25) is 0 Å². The SMILES string of the molecule is CCOC(=O)CCC(=O)N(Cc1nc2c(F)c(F)cc(F)c2s1)c1cccc(C)c1. The van der Waals surface area contributed by atoms with Crippen molar-refractivity contribution in [2.45, 2.75) is 33.2 Å². The number of esters is 1. The number of rotatable bonds is 7. The number of nitrogens with zero attached hydrogens (tertiary/aromatic N) is 2. The molecule has 0 bridgehead atoms. The molecule has 0 unspecified atom stereocenters. The van der Waals surface area contributed by atoms with E-state index < -0.39 is 28.9 Å². The van der Waals surface area contributed by atoms with Gasteiger partial charge >= 0.3 is 5.97 Å². The van der Waals surface area contributed by atoms with Gasteiger partial charge < -0.3 is 9.64 Å². The highest BCUT2D eigenvalue weighted by atomic mass is 32.1. The van der Waals surface area contributed by atoms with E-state index in [1.165, 1.54) is 4.90 Å². The molecule has 9 heteroatoms. The molecule has 158 valence electrons. The Hall–Kier alpha value is -2.94. The Morgan fingerprint density at radius 3 is 2.60 bits per heavy atom. The number of halogens is 3. The summed E-state index contributed by atoms with van der Waals surface area (Å²) in [6, 6.07) is 7.58. The van der Waals surface area contributed by atoms with Crippen molar-refractivity contribution >= 4 is 39.1 Å². The summed E-state index contributed by atoms with van der Waals surface area (Å²) in [6.07, 6.45) is -0.196. The number of carbonyl (C=O) groups is 2. The molecular formula is C21H19F3N2O3S. The van der Waals surface area contributed by atoms with Crippen LogP contribution in [0.4, 0.5) is 18.9 Å². The van der Waals surface area contributed by atoms with Gasteiger partial charge in [0, 0.05) is 18.2 Å². The number of fused-ring (bicyclic) bond motifs is 1. The summed E-state index contributed by atoms with van der Waals surface area (Å²) >= 11 is 0.846. The van der Waals surface area contributed by atoms with Crippen molar-refractivity contribution in [3.05, 3.63) is 58.4 Å². The Balaban J connectivity index is 1.92. The molecule has 0 aliphatic heterocycles. The lowest BCUT2D eigenvalue weighted by Gasteiger charge is -2.22. The van der Waals surface area contributed by atoms with Crippen molar-refractivity contribution in [1.82, 2.24) is 4.98 Å². The number of anilines is 1. The van der Waals surface area contributed by atoms with Gasteiger partial charge in [0.15, 0.2) is 11.6 Å². The molecule has 1 aromatic heterocycles. The standard InChI is InChI=1S/C21H19F3N2O3S/c1-3-29-18(28)8-7-17(27)26(13-6-4-5-12(2)9-13)11-16-25-20-19(24)14(22)10-15(23)21(20)30-16/h4-6,9-10H,3,7-8,11H2,1-2H3. The number of hydrogen-bond acceptors (Lipinski definition) is 5. The quantitative estimate of drug-likeness (QED) is 0.391. The predicted octanol–water partition coefficient (Wildman–Crippen LogP) is 4.90. The van der Waals surface area contributed by atoms with Crippen molar-refractivity contribution < 1.29 is 27.5 Å². The largest absolute Gasteiger partial charge is 0.466 e. The summed E-state index contributed by atoms with van der Waals surface area (Å²) in [6.45, 7) is 3.67. The van der Waals surface area contributed by atoms with Gasteiger partial charge in [-0.25, -0.2) is 18.2 Å². The van der Waals surface area contributed by atoms with Gasteiger partial charge in [-0.2, -0.15) is 0 Å². The highest BCUT2D eigenvalue weighted by Gasteiger charge is 2.22. The summed E-state index contributed by atoms with van der Waals surface area (Å²) < 4.78 is 46.3. The van der Waals surface area contributed by atoms with E-state index >= 15 is 0 Å². The monoisotopic (exact) mass is 436 g/mol. The molecule has 0 aliphatic carbocycles. The van der Waals surface area contributed by atoms with Crippen LogP contribution in [0.3, 0.4) is 0 Å². The van der Waals surface area contributed by atoms with Crippen molar-refractivity contribution in [2.75, 3.05) is 11.5 Å². The topological polar surface area (TPSA) is 59.5 Å². The maximum atomic E-state index is 14.0. The van der Waals surface area contributed by atoms with Crippen LogP contribution in [0.15, 0.2) is 30.3 Å². The first-order chi connectivity index (χ1) is 14.3. The van der Waals surface area contributed by atoms with Crippen molar-refractivity contribution in [3.8, 4) is 0 Å². The lowest BCUT2D eigenvalue weighted by Crippen LogP contribution is -2.30. The van der Waals surface area contributed by atoms with Gasteiger partial charge in [-0.1, -0.05) is 12.1 Å². The van der Waals surface area contributed by atoms with Gasteiger partial charge in [-0.15, -0.1) is 11.3 Å². The zero-order chi connectivity index (χ0) is 21.8. The van der Waals surface area contributed by atoms with E-state index in [4.69, 9.17) is 4.74 Å². The normalized spacial score (nSPS) is 11.0. The Morgan fingerprint density at radius 1 is 1.13 bits per heavy atom. The van der Waals surface area contributed by atoms with Gasteiger partial charge in [0.25, 0.3) is 0 Å². The van der Waals surface area contributed by atoms with Gasteiger partial charge in [-0.3, -0.25) is 9.59 Å². The summed E-state index contributed by atoms with van der Waals surface area (Å²) in [5.41, 5.74) is 1.05. The molecule has 0 aliphatic rings. The molecule has 3 aromatic rings. The third-order valence-electron chi connectivity index (χ3n) is 4.32. The first-order valence-corrected chi connectivity index (χ1v) is 10.1. The minimum atomic E-state index is -1.32. The van der Waals surface area contributed by atoms with E-state index in [0.717, 1.165) is 16.9 Å². The minimum Gasteiger partial charge on any atom is -0.466 e. The summed E-state index contributed by atoms with van der Waals surface area (Å²) in [7, 11) is 0. The highest BCUT2D eigenvalue weighted by Crippen LogP contribution is 2.30. The van der Waals surface area contributed by atoms with Gasteiger partial charge in [-0.05, 0) is 31.5 Å².